The Bertz CT molecular complexity index is 919. The number of halogens is 1. The summed E-state index contributed by atoms with van der Waals surface area (Å²) >= 11 is 3.37. The Kier molecular flexibility index (Phi) is 6.87. The normalized spacial score (nSPS) is 18.4. The van der Waals surface area contributed by atoms with E-state index in [0.29, 0.717) is 25.1 Å². The van der Waals surface area contributed by atoms with Gasteiger partial charge in [-0.1, -0.05) is 59.3 Å². The van der Waals surface area contributed by atoms with E-state index in [1.807, 2.05) is 24.3 Å². The van der Waals surface area contributed by atoms with Crippen LogP contribution in [0.5, 0.6) is 0 Å². The summed E-state index contributed by atoms with van der Waals surface area (Å²) in [6.07, 6.45) is 1.50. The smallest absolute Gasteiger partial charge is 0.295 e. The molecule has 0 aliphatic carbocycles. The van der Waals surface area contributed by atoms with Crippen molar-refractivity contribution in [3.05, 3.63) is 75.3 Å². The number of likely N-dealkylation sites (tertiary alicyclic amines) is 1. The highest BCUT2D eigenvalue weighted by molar-refractivity contribution is 9.10. The molecule has 5 nitrogen and oxygen atoms in total. The average molecular weight is 458 g/mol. The predicted molar refractivity (Wildman–Crippen MR) is 115 cm³/mol. The van der Waals surface area contributed by atoms with Gasteiger partial charge >= 0.3 is 0 Å². The summed E-state index contributed by atoms with van der Waals surface area (Å²) < 4.78 is 5.96. The van der Waals surface area contributed by atoms with E-state index in [4.69, 9.17) is 4.74 Å². The molecule has 152 valence electrons. The highest BCUT2D eigenvalue weighted by Gasteiger charge is 2.45. The van der Waals surface area contributed by atoms with Crippen LogP contribution in [0.3, 0.4) is 0 Å². The molecule has 0 bridgehead atoms. The first kappa shape index (κ1) is 21.3. The maximum Gasteiger partial charge on any atom is 0.295 e. The fraction of sp³-hybridized carbons (Fsp3) is 0.304. The minimum Gasteiger partial charge on any atom is -0.507 e. The third-order valence-electron chi connectivity index (χ3n) is 5.11. The van der Waals surface area contributed by atoms with Crippen molar-refractivity contribution in [1.82, 2.24) is 4.90 Å². The van der Waals surface area contributed by atoms with Crippen molar-refractivity contribution in [1.29, 1.82) is 0 Å². The van der Waals surface area contributed by atoms with Crippen molar-refractivity contribution in [2.24, 2.45) is 0 Å². The maximum absolute atomic E-state index is 12.9. The van der Waals surface area contributed by atoms with E-state index in [-0.39, 0.29) is 11.3 Å². The number of amides is 1. The molecule has 29 heavy (non-hydrogen) atoms. The molecule has 1 unspecified atom stereocenters. The predicted octanol–water partition coefficient (Wildman–Crippen LogP) is 4.47. The number of carbonyl (C=O) groups is 2. The highest BCUT2D eigenvalue weighted by atomic mass is 79.9. The van der Waals surface area contributed by atoms with Gasteiger partial charge in [0.15, 0.2) is 0 Å². The molecule has 2 aromatic rings. The number of aliphatic hydroxyl groups excluding tert-OH is 1. The molecular formula is C23H24BrNO4. The molecule has 1 saturated heterocycles. The number of ether oxygens (including phenoxy) is 1. The van der Waals surface area contributed by atoms with E-state index < -0.39 is 17.7 Å². The van der Waals surface area contributed by atoms with Crippen LogP contribution >= 0.6 is 15.9 Å². The van der Waals surface area contributed by atoms with Gasteiger partial charge < -0.3 is 14.7 Å². The number of hydrogen-bond acceptors (Lipinski definition) is 4. The fourth-order valence-corrected chi connectivity index (χ4v) is 3.80. The molecule has 3 rings (SSSR count). The second kappa shape index (κ2) is 9.37. The van der Waals surface area contributed by atoms with Crippen LogP contribution in [0.25, 0.3) is 5.76 Å². The van der Waals surface area contributed by atoms with Crippen LogP contribution in [0.1, 0.15) is 36.1 Å². The topological polar surface area (TPSA) is 66.8 Å². The number of nitrogens with zero attached hydrogens (tertiary/aromatic N) is 1. The number of aliphatic hydroxyl groups is 1. The monoisotopic (exact) mass is 457 g/mol. The first-order valence-corrected chi connectivity index (χ1v) is 10.4. The van der Waals surface area contributed by atoms with E-state index in [2.05, 4.69) is 22.9 Å². The number of ketones is 1. The van der Waals surface area contributed by atoms with E-state index in [1.165, 1.54) is 4.90 Å². The molecule has 1 amide bonds. The number of benzene rings is 2. The van der Waals surface area contributed by atoms with Gasteiger partial charge in [0, 0.05) is 30.3 Å². The lowest BCUT2D eigenvalue weighted by Gasteiger charge is -2.25. The molecule has 1 N–H and O–H groups in total. The Morgan fingerprint density at radius 3 is 2.34 bits per heavy atom. The number of carbonyl (C=O) groups excluding carboxylic acids is 2. The van der Waals surface area contributed by atoms with E-state index in [9.17, 15) is 14.7 Å². The van der Waals surface area contributed by atoms with Gasteiger partial charge in [-0.05, 0) is 36.1 Å². The Labute approximate surface area is 179 Å². The molecule has 0 radical (unpaired) electrons. The fourth-order valence-electron chi connectivity index (χ4n) is 3.54. The molecule has 1 atom stereocenters. The first-order valence-electron chi connectivity index (χ1n) is 9.60. The quantitative estimate of drug-likeness (QED) is 0.288. The molecule has 0 saturated carbocycles. The minimum atomic E-state index is -0.660. The Balaban J connectivity index is 2.09. The summed E-state index contributed by atoms with van der Waals surface area (Å²) in [6, 6.07) is 14.2. The van der Waals surface area contributed by atoms with Crippen LogP contribution < -0.4 is 0 Å². The highest BCUT2D eigenvalue weighted by Crippen LogP contribution is 2.39. The van der Waals surface area contributed by atoms with Gasteiger partial charge in [-0.2, -0.15) is 0 Å². The minimum absolute atomic E-state index is 0.124. The standard InChI is InChI=1S/C23H24BrNO4/c1-3-15-5-7-16(8-6-15)20-19(21(26)17-9-11-18(24)12-10-17)22(27)23(28)25(20)13-4-14-29-2/h5-12,20,26H,3-4,13-14H2,1-2H3/b21-19-. The van der Waals surface area contributed by atoms with Crippen molar-refractivity contribution in [2.45, 2.75) is 25.8 Å². The zero-order valence-electron chi connectivity index (χ0n) is 16.5. The molecule has 1 heterocycles. The molecule has 1 aliphatic rings. The lowest BCUT2D eigenvalue weighted by Crippen LogP contribution is -2.31. The van der Waals surface area contributed by atoms with Gasteiger partial charge in [0.05, 0.1) is 11.6 Å². The third kappa shape index (κ3) is 4.43. The van der Waals surface area contributed by atoms with Gasteiger partial charge in [-0.3, -0.25) is 9.59 Å². The first-order chi connectivity index (χ1) is 14.0. The molecule has 0 spiro atoms. The zero-order chi connectivity index (χ0) is 21.0. The maximum atomic E-state index is 12.9. The van der Waals surface area contributed by atoms with E-state index in [0.717, 1.165) is 22.0 Å². The Hall–Kier alpha value is -2.44. The molecule has 0 aromatic heterocycles. The van der Waals surface area contributed by atoms with Gasteiger partial charge in [0.1, 0.15) is 5.76 Å². The van der Waals surface area contributed by atoms with Crippen molar-refractivity contribution >= 4 is 33.4 Å². The van der Waals surface area contributed by atoms with Gasteiger partial charge in [-0.15, -0.1) is 0 Å². The van der Waals surface area contributed by atoms with Crippen LogP contribution in [0.15, 0.2) is 58.6 Å². The van der Waals surface area contributed by atoms with Crippen LogP contribution in [0, 0.1) is 0 Å². The second-order valence-corrected chi connectivity index (χ2v) is 7.86. The van der Waals surface area contributed by atoms with E-state index in [1.54, 1.807) is 31.4 Å². The summed E-state index contributed by atoms with van der Waals surface area (Å²) in [6.45, 7) is 2.92. The largest absolute Gasteiger partial charge is 0.507 e. The molecule has 1 aliphatic heterocycles. The van der Waals surface area contributed by atoms with Crippen LogP contribution in [-0.2, 0) is 20.7 Å². The number of aryl methyl sites for hydroxylation is 1. The van der Waals surface area contributed by atoms with Crippen molar-refractivity contribution in [3.63, 3.8) is 0 Å². The summed E-state index contributed by atoms with van der Waals surface area (Å²) in [4.78, 5) is 27.2. The lowest BCUT2D eigenvalue weighted by atomic mass is 9.94. The van der Waals surface area contributed by atoms with E-state index >= 15 is 0 Å². The summed E-state index contributed by atoms with van der Waals surface area (Å²) in [7, 11) is 1.60. The molecule has 2 aromatic carbocycles. The van der Waals surface area contributed by atoms with Crippen molar-refractivity contribution < 1.29 is 19.4 Å². The SMILES string of the molecule is CCc1ccc(C2/C(=C(/O)c3ccc(Br)cc3)C(=O)C(=O)N2CCCOC)cc1. The molecule has 6 heteroatoms. The van der Waals surface area contributed by atoms with Crippen molar-refractivity contribution in [2.75, 3.05) is 20.3 Å². The zero-order valence-corrected chi connectivity index (χ0v) is 18.1. The molecular weight excluding hydrogens is 434 g/mol. The third-order valence-corrected chi connectivity index (χ3v) is 5.64. The van der Waals surface area contributed by atoms with Crippen LogP contribution in [0.2, 0.25) is 0 Å². The Morgan fingerprint density at radius 1 is 1.10 bits per heavy atom. The number of Topliss-reactive ketones (excluding diaryl/α,β-unsaturated/α-hetero) is 1. The van der Waals surface area contributed by atoms with Crippen LogP contribution in [0.4, 0.5) is 0 Å². The summed E-state index contributed by atoms with van der Waals surface area (Å²) in [5.74, 6) is -1.41. The van der Waals surface area contributed by atoms with Gasteiger partial charge in [0.25, 0.3) is 11.7 Å². The number of rotatable bonds is 7. The Morgan fingerprint density at radius 2 is 1.76 bits per heavy atom. The lowest BCUT2D eigenvalue weighted by molar-refractivity contribution is -0.140. The van der Waals surface area contributed by atoms with Gasteiger partial charge in [-0.25, -0.2) is 0 Å². The number of methoxy groups -OCH3 is 1. The molecule has 1 fully saturated rings. The van der Waals surface area contributed by atoms with Gasteiger partial charge in [0.2, 0.25) is 0 Å². The number of hydrogen-bond donors (Lipinski definition) is 1. The summed E-state index contributed by atoms with van der Waals surface area (Å²) in [5, 5.41) is 11.0. The van der Waals surface area contributed by atoms with Crippen LogP contribution in [-0.4, -0.2) is 42.0 Å². The van der Waals surface area contributed by atoms with Crippen molar-refractivity contribution in [3.8, 4) is 0 Å². The summed E-state index contributed by atoms with van der Waals surface area (Å²) in [5.41, 5.74) is 2.59. The average Bonchev–Trinajstić information content (AvgIpc) is 2.99. The second-order valence-electron chi connectivity index (χ2n) is 6.94.